The van der Waals surface area contributed by atoms with Crippen LogP contribution in [0, 0.1) is 0 Å². The minimum Gasteiger partial charge on any atom is -0.497 e. The summed E-state index contributed by atoms with van der Waals surface area (Å²) in [4.78, 5) is 14.6. The Kier molecular flexibility index (Phi) is 3.28. The van der Waals surface area contributed by atoms with Gasteiger partial charge in [0.15, 0.2) is 0 Å². The first-order valence-electron chi connectivity index (χ1n) is 5.95. The van der Waals surface area contributed by atoms with E-state index in [1.807, 2.05) is 34.9 Å². The van der Waals surface area contributed by atoms with Gasteiger partial charge in [0.1, 0.15) is 5.75 Å². The average Bonchev–Trinajstić information content (AvgIpc) is 3.01. The molecule has 2 saturated heterocycles. The van der Waals surface area contributed by atoms with Crippen molar-refractivity contribution in [2.75, 3.05) is 19.4 Å². The molecule has 2 bridgehead atoms. The molecule has 3 nitrogen and oxygen atoms in total. The number of benzene rings is 1. The number of methoxy groups -OCH3 is 1. The Morgan fingerprint density at radius 3 is 3.00 bits per heavy atom. The molecule has 2 atom stereocenters. The number of carbonyl (C=O) groups is 1. The molecule has 0 radical (unpaired) electrons. The molecule has 3 rings (SSSR count). The summed E-state index contributed by atoms with van der Waals surface area (Å²) < 4.78 is 6.03. The van der Waals surface area contributed by atoms with Crippen LogP contribution in [0.1, 0.15) is 16.8 Å². The minimum absolute atomic E-state index is 0.119. The number of nitrogens with zero attached hydrogens (tertiary/aromatic N) is 1. The molecule has 2 aliphatic rings. The lowest BCUT2D eigenvalue weighted by atomic mass is 10.1. The zero-order valence-electron chi connectivity index (χ0n) is 10.1. The second kappa shape index (κ2) is 4.78. The van der Waals surface area contributed by atoms with E-state index in [9.17, 15) is 4.79 Å². The normalized spacial score (nSPS) is 25.6. The predicted molar refractivity (Wildman–Crippen MR) is 76.4 cm³/mol. The lowest BCUT2D eigenvalue weighted by Crippen LogP contribution is -2.39. The maximum absolute atomic E-state index is 12.6. The van der Waals surface area contributed by atoms with Crippen LogP contribution in [0.25, 0.3) is 0 Å². The number of likely N-dealkylation sites (tertiary alicyclic amines) is 1. The van der Waals surface area contributed by atoms with Gasteiger partial charge in [-0.3, -0.25) is 4.79 Å². The van der Waals surface area contributed by atoms with Gasteiger partial charge < -0.3 is 9.64 Å². The van der Waals surface area contributed by atoms with Crippen LogP contribution >= 0.6 is 27.7 Å². The molecule has 18 heavy (non-hydrogen) atoms. The molecule has 0 aliphatic carbocycles. The molecule has 96 valence electrons. The van der Waals surface area contributed by atoms with Crippen molar-refractivity contribution < 1.29 is 9.53 Å². The fourth-order valence-electron chi connectivity index (χ4n) is 2.60. The number of rotatable bonds is 2. The van der Waals surface area contributed by atoms with Crippen molar-refractivity contribution in [2.45, 2.75) is 17.7 Å². The average molecular weight is 328 g/mol. The van der Waals surface area contributed by atoms with Gasteiger partial charge in [0.05, 0.1) is 12.7 Å². The fourth-order valence-corrected chi connectivity index (χ4v) is 4.45. The molecule has 1 aromatic carbocycles. The van der Waals surface area contributed by atoms with Crippen LogP contribution in [0.15, 0.2) is 22.7 Å². The van der Waals surface area contributed by atoms with Crippen molar-refractivity contribution in [2.24, 2.45) is 0 Å². The first-order valence-corrected chi connectivity index (χ1v) is 7.79. The highest BCUT2D eigenvalue weighted by molar-refractivity contribution is 9.10. The van der Waals surface area contributed by atoms with Crippen LogP contribution < -0.4 is 4.74 Å². The Bertz CT molecular complexity index is 494. The number of hydrogen-bond acceptors (Lipinski definition) is 3. The number of fused-ring (bicyclic) bond motifs is 2. The van der Waals surface area contributed by atoms with Gasteiger partial charge in [0.25, 0.3) is 5.91 Å². The summed E-state index contributed by atoms with van der Waals surface area (Å²) in [5, 5.41) is 0.642. The standard InChI is InChI=1S/C13H14BrNO2S/c1-17-9-2-3-12(14)11(5-9)13(16)15-6-10-4-8(15)7-18-10/h2-3,5,8,10H,4,6-7H2,1H3. The molecule has 2 aliphatic heterocycles. The van der Waals surface area contributed by atoms with Crippen molar-refractivity contribution >= 4 is 33.6 Å². The Balaban J connectivity index is 1.88. The van der Waals surface area contributed by atoms with Crippen LogP contribution in [0.3, 0.4) is 0 Å². The molecule has 2 unspecified atom stereocenters. The van der Waals surface area contributed by atoms with Crippen molar-refractivity contribution in [1.29, 1.82) is 0 Å². The third-order valence-electron chi connectivity index (χ3n) is 3.57. The molecule has 2 heterocycles. The van der Waals surface area contributed by atoms with E-state index in [0.717, 1.165) is 28.9 Å². The Morgan fingerprint density at radius 2 is 2.39 bits per heavy atom. The number of hydrogen-bond donors (Lipinski definition) is 0. The highest BCUT2D eigenvalue weighted by Crippen LogP contribution is 2.38. The molecule has 2 fully saturated rings. The van der Waals surface area contributed by atoms with Gasteiger partial charge in [0, 0.05) is 28.1 Å². The van der Waals surface area contributed by atoms with Crippen LogP contribution in [0.4, 0.5) is 0 Å². The quantitative estimate of drug-likeness (QED) is 0.836. The van der Waals surface area contributed by atoms with E-state index in [0.29, 0.717) is 16.9 Å². The molecule has 5 heteroatoms. The highest BCUT2D eigenvalue weighted by atomic mass is 79.9. The van der Waals surface area contributed by atoms with E-state index in [1.54, 1.807) is 7.11 Å². The fraction of sp³-hybridized carbons (Fsp3) is 0.462. The molecule has 0 saturated carbocycles. The van der Waals surface area contributed by atoms with Gasteiger partial charge in [-0.2, -0.15) is 11.8 Å². The third-order valence-corrected chi connectivity index (χ3v) is 5.65. The van der Waals surface area contributed by atoms with Crippen LogP contribution in [0.5, 0.6) is 5.75 Å². The van der Waals surface area contributed by atoms with Crippen LogP contribution in [0.2, 0.25) is 0 Å². The first kappa shape index (κ1) is 12.4. The van der Waals surface area contributed by atoms with Gasteiger partial charge in [-0.25, -0.2) is 0 Å². The van der Waals surface area contributed by atoms with Crippen LogP contribution in [-0.4, -0.2) is 41.5 Å². The van der Waals surface area contributed by atoms with Gasteiger partial charge in [-0.15, -0.1) is 0 Å². The first-order chi connectivity index (χ1) is 8.69. The van der Waals surface area contributed by atoms with Gasteiger partial charge >= 0.3 is 0 Å². The summed E-state index contributed by atoms with van der Waals surface area (Å²) in [5.74, 6) is 1.92. The Morgan fingerprint density at radius 1 is 1.56 bits per heavy atom. The number of thioether (sulfide) groups is 1. The summed E-state index contributed by atoms with van der Waals surface area (Å²) in [6.45, 7) is 0.887. The molecular formula is C13H14BrNO2S. The summed E-state index contributed by atoms with van der Waals surface area (Å²) >= 11 is 5.44. The molecule has 0 aromatic heterocycles. The second-order valence-electron chi connectivity index (χ2n) is 4.65. The summed E-state index contributed by atoms with van der Waals surface area (Å²) in [6.07, 6.45) is 1.15. The number of carbonyl (C=O) groups excluding carboxylic acids is 1. The maximum atomic E-state index is 12.6. The number of ether oxygens (including phenoxy) is 1. The number of halogens is 1. The van der Waals surface area contributed by atoms with E-state index in [1.165, 1.54) is 0 Å². The Labute approximate surface area is 119 Å². The third kappa shape index (κ3) is 2.03. The van der Waals surface area contributed by atoms with Crippen LogP contribution in [-0.2, 0) is 0 Å². The van der Waals surface area contributed by atoms with E-state index in [2.05, 4.69) is 15.9 Å². The smallest absolute Gasteiger partial charge is 0.255 e. The van der Waals surface area contributed by atoms with Gasteiger partial charge in [-0.1, -0.05) is 0 Å². The molecule has 1 amide bonds. The molecule has 0 spiro atoms. The van der Waals surface area contributed by atoms with E-state index < -0.39 is 0 Å². The summed E-state index contributed by atoms with van der Waals surface area (Å²) in [5.41, 5.74) is 0.701. The van der Waals surface area contributed by atoms with E-state index >= 15 is 0 Å². The topological polar surface area (TPSA) is 29.5 Å². The SMILES string of the molecule is COc1ccc(Br)c(C(=O)N2CC3CC2CS3)c1. The summed E-state index contributed by atoms with van der Waals surface area (Å²) in [7, 11) is 1.62. The summed E-state index contributed by atoms with van der Waals surface area (Å²) in [6, 6.07) is 5.96. The molecule has 0 N–H and O–H groups in total. The van der Waals surface area contributed by atoms with Gasteiger partial charge in [-0.05, 0) is 40.5 Å². The minimum atomic E-state index is 0.119. The zero-order valence-corrected chi connectivity index (χ0v) is 12.5. The lowest BCUT2D eigenvalue weighted by molar-refractivity contribution is 0.0746. The van der Waals surface area contributed by atoms with Crippen molar-refractivity contribution in [1.82, 2.24) is 4.90 Å². The number of amides is 1. The maximum Gasteiger partial charge on any atom is 0.255 e. The van der Waals surface area contributed by atoms with Crippen molar-refractivity contribution in [3.8, 4) is 5.75 Å². The highest BCUT2D eigenvalue weighted by Gasteiger charge is 2.41. The predicted octanol–water partition coefficient (Wildman–Crippen LogP) is 2.79. The Hall–Kier alpha value is -0.680. The van der Waals surface area contributed by atoms with E-state index in [4.69, 9.17) is 4.74 Å². The largest absolute Gasteiger partial charge is 0.497 e. The van der Waals surface area contributed by atoms with Crippen molar-refractivity contribution in [3.05, 3.63) is 28.2 Å². The molecule has 1 aromatic rings. The van der Waals surface area contributed by atoms with Gasteiger partial charge in [0.2, 0.25) is 0 Å². The van der Waals surface area contributed by atoms with E-state index in [-0.39, 0.29) is 5.91 Å². The zero-order chi connectivity index (χ0) is 12.7. The second-order valence-corrected chi connectivity index (χ2v) is 6.84. The monoisotopic (exact) mass is 327 g/mol. The molecular weight excluding hydrogens is 314 g/mol. The lowest BCUT2D eigenvalue weighted by Gasteiger charge is -2.27. The van der Waals surface area contributed by atoms with Crippen molar-refractivity contribution in [3.63, 3.8) is 0 Å².